The molecule has 3 aromatic heterocycles. The number of aryl methyl sites for hydroxylation is 1. The van der Waals surface area contributed by atoms with E-state index in [0.717, 1.165) is 5.69 Å². The fraction of sp³-hybridized carbons (Fsp3) is 0.476. The van der Waals surface area contributed by atoms with Gasteiger partial charge in [-0.15, -0.1) is 11.3 Å². The molecule has 8 nitrogen and oxygen atoms in total. The first-order valence-electron chi connectivity index (χ1n) is 9.98. The normalized spacial score (nSPS) is 12.0. The molecule has 3 aromatic rings. The van der Waals surface area contributed by atoms with Crippen LogP contribution in [0, 0.1) is 0 Å². The van der Waals surface area contributed by atoms with Gasteiger partial charge in [0.15, 0.2) is 10.8 Å². The van der Waals surface area contributed by atoms with Crippen LogP contribution in [0.2, 0.25) is 0 Å². The fourth-order valence-corrected chi connectivity index (χ4v) is 3.97. The van der Waals surface area contributed by atoms with Crippen LogP contribution in [0.1, 0.15) is 75.6 Å². The molecule has 3 heterocycles. The van der Waals surface area contributed by atoms with Gasteiger partial charge in [-0.25, -0.2) is 14.8 Å². The lowest BCUT2D eigenvalue weighted by Crippen LogP contribution is -2.32. The topological polar surface area (TPSA) is 110 Å². The van der Waals surface area contributed by atoms with Crippen molar-refractivity contribution in [2.75, 3.05) is 5.32 Å². The number of fused-ring (bicyclic) bond motifs is 1. The summed E-state index contributed by atoms with van der Waals surface area (Å²) in [6, 6.07) is 1.62. The van der Waals surface area contributed by atoms with Crippen molar-refractivity contribution >= 4 is 33.4 Å². The SMILES string of the molecule is CCCn1c(=O)[nH]c(=O)c2c(C(=O)Nc3nc(C(C)(C)C)cs3)cc(C(C)C)nc21. The van der Waals surface area contributed by atoms with Gasteiger partial charge >= 0.3 is 5.69 Å². The Balaban J connectivity index is 2.17. The minimum atomic E-state index is -0.621. The van der Waals surface area contributed by atoms with E-state index in [1.165, 1.54) is 15.9 Å². The van der Waals surface area contributed by atoms with Gasteiger partial charge in [0.1, 0.15) is 0 Å². The van der Waals surface area contributed by atoms with E-state index in [9.17, 15) is 14.4 Å². The lowest BCUT2D eigenvalue weighted by Gasteiger charge is -2.15. The minimum Gasteiger partial charge on any atom is -0.298 e. The van der Waals surface area contributed by atoms with E-state index < -0.39 is 17.2 Å². The van der Waals surface area contributed by atoms with Crippen molar-refractivity contribution in [3.63, 3.8) is 0 Å². The third-order valence-corrected chi connectivity index (χ3v) is 5.50. The highest BCUT2D eigenvalue weighted by Gasteiger charge is 2.22. The highest BCUT2D eigenvalue weighted by atomic mass is 32.1. The number of H-pyrrole nitrogens is 1. The van der Waals surface area contributed by atoms with Gasteiger partial charge in [0.05, 0.1) is 16.6 Å². The van der Waals surface area contributed by atoms with E-state index in [1.807, 2.05) is 46.9 Å². The molecule has 0 aliphatic carbocycles. The number of nitrogens with zero attached hydrogens (tertiary/aromatic N) is 3. The van der Waals surface area contributed by atoms with Gasteiger partial charge in [-0.2, -0.15) is 0 Å². The van der Waals surface area contributed by atoms with Crippen molar-refractivity contribution in [3.8, 4) is 0 Å². The molecule has 9 heteroatoms. The van der Waals surface area contributed by atoms with E-state index in [-0.39, 0.29) is 27.9 Å². The number of carbonyl (C=O) groups is 1. The Morgan fingerprint density at radius 2 is 1.97 bits per heavy atom. The molecule has 0 spiro atoms. The number of anilines is 1. The largest absolute Gasteiger partial charge is 0.329 e. The number of aromatic amines is 1. The number of hydrogen-bond acceptors (Lipinski definition) is 6. The molecule has 0 atom stereocenters. The maximum atomic E-state index is 13.2. The third kappa shape index (κ3) is 4.21. The Hall–Kier alpha value is -2.81. The summed E-state index contributed by atoms with van der Waals surface area (Å²) in [4.78, 5) is 49.5. The van der Waals surface area contributed by atoms with Crippen molar-refractivity contribution in [2.45, 2.75) is 65.8 Å². The second-order valence-electron chi connectivity index (χ2n) is 8.60. The Morgan fingerprint density at radius 1 is 1.27 bits per heavy atom. The predicted octanol–water partition coefficient (Wildman–Crippen LogP) is 3.62. The van der Waals surface area contributed by atoms with Gasteiger partial charge in [-0.3, -0.25) is 24.5 Å². The zero-order chi connectivity index (χ0) is 22.2. The standard InChI is InChI=1S/C21H27N5O3S/c1-7-8-26-16-15(18(28)25-20(26)29)12(9-13(22-16)11(2)3)17(27)24-19-23-14(10-30-19)21(4,5)6/h9-11H,7-8H2,1-6H3,(H,23,24,27)(H,25,28,29). The number of amides is 1. The van der Waals surface area contributed by atoms with Crippen molar-refractivity contribution in [2.24, 2.45) is 0 Å². The quantitative estimate of drug-likeness (QED) is 0.644. The highest BCUT2D eigenvalue weighted by Crippen LogP contribution is 2.27. The van der Waals surface area contributed by atoms with Gasteiger partial charge in [-0.05, 0) is 18.4 Å². The number of aromatic nitrogens is 4. The second kappa shape index (κ2) is 8.14. The van der Waals surface area contributed by atoms with Gasteiger partial charge in [-0.1, -0.05) is 41.5 Å². The van der Waals surface area contributed by atoms with Gasteiger partial charge in [0, 0.05) is 23.0 Å². The molecule has 3 rings (SSSR count). The van der Waals surface area contributed by atoms with Crippen LogP contribution in [0.25, 0.3) is 11.0 Å². The molecule has 0 unspecified atom stereocenters. The summed E-state index contributed by atoms with van der Waals surface area (Å²) in [5, 5.41) is 5.28. The van der Waals surface area contributed by atoms with E-state index in [0.29, 0.717) is 23.8 Å². The summed E-state index contributed by atoms with van der Waals surface area (Å²) in [5.41, 5.74) is 0.644. The molecule has 0 radical (unpaired) electrons. The van der Waals surface area contributed by atoms with Crippen molar-refractivity contribution in [1.29, 1.82) is 0 Å². The van der Waals surface area contributed by atoms with Crippen LogP contribution < -0.4 is 16.6 Å². The molecule has 0 saturated carbocycles. The molecule has 0 saturated heterocycles. The summed E-state index contributed by atoms with van der Waals surface area (Å²) in [6.07, 6.45) is 0.685. The average Bonchev–Trinajstić information content (AvgIpc) is 3.12. The van der Waals surface area contributed by atoms with Crippen molar-refractivity contribution < 1.29 is 4.79 Å². The molecule has 1 amide bonds. The van der Waals surface area contributed by atoms with Crippen LogP contribution in [0.3, 0.4) is 0 Å². The number of hydrogen-bond donors (Lipinski definition) is 2. The molecular formula is C21H27N5O3S. The van der Waals surface area contributed by atoms with Crippen molar-refractivity contribution in [1.82, 2.24) is 19.5 Å². The molecule has 160 valence electrons. The monoisotopic (exact) mass is 429 g/mol. The number of nitrogens with one attached hydrogen (secondary N) is 2. The molecule has 30 heavy (non-hydrogen) atoms. The van der Waals surface area contributed by atoms with Crippen LogP contribution in [-0.4, -0.2) is 25.4 Å². The number of pyridine rings is 1. The van der Waals surface area contributed by atoms with Crippen LogP contribution >= 0.6 is 11.3 Å². The first kappa shape index (κ1) is 21.9. The van der Waals surface area contributed by atoms with E-state index in [1.54, 1.807) is 6.07 Å². The Morgan fingerprint density at radius 3 is 2.53 bits per heavy atom. The lowest BCUT2D eigenvalue weighted by atomic mass is 9.93. The fourth-order valence-electron chi connectivity index (χ4n) is 3.04. The smallest absolute Gasteiger partial charge is 0.298 e. The average molecular weight is 430 g/mol. The minimum absolute atomic E-state index is 0.0118. The molecular weight excluding hydrogens is 402 g/mol. The second-order valence-corrected chi connectivity index (χ2v) is 9.46. The molecule has 2 N–H and O–H groups in total. The molecule has 0 bridgehead atoms. The van der Waals surface area contributed by atoms with Gasteiger partial charge in [0.2, 0.25) is 0 Å². The summed E-state index contributed by atoms with van der Waals surface area (Å²) in [7, 11) is 0. The molecule has 0 aromatic carbocycles. The van der Waals surface area contributed by atoms with Crippen LogP contribution in [0.5, 0.6) is 0 Å². The summed E-state index contributed by atoms with van der Waals surface area (Å²) >= 11 is 1.33. The highest BCUT2D eigenvalue weighted by molar-refractivity contribution is 7.14. The van der Waals surface area contributed by atoms with E-state index in [2.05, 4.69) is 20.3 Å². The zero-order valence-electron chi connectivity index (χ0n) is 18.1. The lowest BCUT2D eigenvalue weighted by molar-refractivity contribution is 0.102. The number of thiazole rings is 1. The first-order valence-corrected chi connectivity index (χ1v) is 10.9. The molecule has 0 aliphatic heterocycles. The summed E-state index contributed by atoms with van der Waals surface area (Å²) < 4.78 is 1.42. The summed E-state index contributed by atoms with van der Waals surface area (Å²) in [6.45, 7) is 12.4. The maximum Gasteiger partial charge on any atom is 0.329 e. The number of carbonyl (C=O) groups excluding carboxylic acids is 1. The molecule has 0 fully saturated rings. The molecule has 0 aliphatic rings. The van der Waals surface area contributed by atoms with E-state index >= 15 is 0 Å². The Kier molecular flexibility index (Phi) is 5.94. The van der Waals surface area contributed by atoms with Crippen LogP contribution in [0.15, 0.2) is 21.0 Å². The Bertz CT molecular complexity index is 1210. The van der Waals surface area contributed by atoms with E-state index in [4.69, 9.17) is 0 Å². The first-order chi connectivity index (χ1) is 14.0. The van der Waals surface area contributed by atoms with Crippen molar-refractivity contribution in [3.05, 3.63) is 49.2 Å². The predicted molar refractivity (Wildman–Crippen MR) is 120 cm³/mol. The zero-order valence-corrected chi connectivity index (χ0v) is 18.9. The van der Waals surface area contributed by atoms with Gasteiger partial charge < -0.3 is 0 Å². The van der Waals surface area contributed by atoms with Crippen LogP contribution in [0.4, 0.5) is 5.13 Å². The Labute approximate surface area is 178 Å². The van der Waals surface area contributed by atoms with Gasteiger partial charge in [0.25, 0.3) is 11.5 Å². The summed E-state index contributed by atoms with van der Waals surface area (Å²) in [5.74, 6) is -0.441. The third-order valence-electron chi connectivity index (χ3n) is 4.74. The van der Waals surface area contributed by atoms with Crippen LogP contribution in [-0.2, 0) is 12.0 Å². The number of rotatable bonds is 5. The maximum absolute atomic E-state index is 13.2.